The molecule has 0 radical (unpaired) electrons. The van der Waals surface area contributed by atoms with Crippen LogP contribution in [-0.2, 0) is 0 Å². The van der Waals surface area contributed by atoms with Crippen LogP contribution in [0.3, 0.4) is 0 Å². The maximum atomic E-state index is 10.9. The first kappa shape index (κ1) is 15.0. The van der Waals surface area contributed by atoms with Crippen molar-refractivity contribution < 1.29 is 9.85 Å². The molecule has 0 aliphatic carbocycles. The molecule has 11 heteroatoms. The highest BCUT2D eigenvalue weighted by Gasteiger charge is 2.23. The van der Waals surface area contributed by atoms with E-state index >= 15 is 0 Å². The van der Waals surface area contributed by atoms with Gasteiger partial charge in [-0.3, -0.25) is 25.7 Å². The Balaban J connectivity index is 3.37. The van der Waals surface area contributed by atoms with E-state index in [1.165, 1.54) is 12.1 Å². The molecule has 0 fully saturated rings. The number of hydrogen-bond donors (Lipinski definition) is 1. The molecule has 0 aromatic heterocycles. The maximum absolute atomic E-state index is 10.9. The van der Waals surface area contributed by atoms with Crippen LogP contribution in [0.1, 0.15) is 0 Å². The lowest BCUT2D eigenvalue weighted by Gasteiger charge is -2.04. The average molecular weight is 339 g/mol. The quantitative estimate of drug-likeness (QED) is 0.499. The van der Waals surface area contributed by atoms with E-state index in [1.807, 2.05) is 0 Å². The number of hydrogen-bond acceptors (Lipinski definition) is 8. The van der Waals surface area contributed by atoms with Gasteiger partial charge >= 0.3 is 5.69 Å². The summed E-state index contributed by atoms with van der Waals surface area (Å²) in [5, 5.41) is 41.8. The SMILES string of the molecule is N#CC(C#N)=NNc1c(Br)cc([N+](=O)[O-])cc1[N+](=O)[O-]. The van der Waals surface area contributed by atoms with Gasteiger partial charge < -0.3 is 0 Å². The van der Waals surface area contributed by atoms with Gasteiger partial charge in [-0.1, -0.05) is 0 Å². The number of rotatable bonds is 4. The van der Waals surface area contributed by atoms with E-state index in [4.69, 9.17) is 10.5 Å². The number of halogens is 1. The van der Waals surface area contributed by atoms with Gasteiger partial charge in [0.25, 0.3) is 5.69 Å². The zero-order chi connectivity index (χ0) is 15.3. The highest BCUT2D eigenvalue weighted by molar-refractivity contribution is 9.10. The van der Waals surface area contributed by atoms with Crippen LogP contribution < -0.4 is 5.43 Å². The van der Waals surface area contributed by atoms with Crippen LogP contribution in [0, 0.1) is 42.9 Å². The van der Waals surface area contributed by atoms with Crippen molar-refractivity contribution in [3.8, 4) is 12.1 Å². The molecule has 20 heavy (non-hydrogen) atoms. The molecule has 0 saturated carbocycles. The molecule has 0 aliphatic heterocycles. The first-order valence-corrected chi connectivity index (χ1v) is 5.46. The fourth-order valence-corrected chi connectivity index (χ4v) is 1.65. The first-order chi connectivity index (χ1) is 9.40. The predicted molar refractivity (Wildman–Crippen MR) is 69.7 cm³/mol. The summed E-state index contributed by atoms with van der Waals surface area (Å²) in [4.78, 5) is 19.9. The minimum atomic E-state index is -0.853. The number of benzene rings is 1. The van der Waals surface area contributed by atoms with E-state index in [9.17, 15) is 20.2 Å². The molecule has 0 saturated heterocycles. The molecular formula is C9H3BrN6O4. The second-order valence-corrected chi connectivity index (χ2v) is 3.99. The number of hydrazone groups is 1. The largest absolute Gasteiger partial charge is 0.302 e. The van der Waals surface area contributed by atoms with Crippen molar-refractivity contribution >= 4 is 38.7 Å². The molecule has 0 heterocycles. The molecule has 1 rings (SSSR count). The summed E-state index contributed by atoms with van der Waals surface area (Å²) in [7, 11) is 0. The number of nitrogens with one attached hydrogen (secondary N) is 1. The van der Waals surface area contributed by atoms with Gasteiger partial charge in [0.1, 0.15) is 17.8 Å². The Morgan fingerprint density at radius 3 is 2.30 bits per heavy atom. The summed E-state index contributed by atoms with van der Waals surface area (Å²) in [6.45, 7) is 0. The Bertz CT molecular complexity index is 686. The normalized spacial score (nSPS) is 8.95. The van der Waals surface area contributed by atoms with Crippen molar-refractivity contribution in [3.05, 3.63) is 36.8 Å². The lowest BCUT2D eigenvalue weighted by Crippen LogP contribution is -2.02. The summed E-state index contributed by atoms with van der Waals surface area (Å²) < 4.78 is -0.00243. The van der Waals surface area contributed by atoms with Crippen molar-refractivity contribution in [2.75, 3.05) is 5.43 Å². The van der Waals surface area contributed by atoms with E-state index in [-0.39, 0.29) is 10.2 Å². The van der Waals surface area contributed by atoms with Crippen LogP contribution in [0.25, 0.3) is 0 Å². The zero-order valence-electron chi connectivity index (χ0n) is 9.40. The van der Waals surface area contributed by atoms with E-state index in [0.717, 1.165) is 12.1 Å². The second-order valence-electron chi connectivity index (χ2n) is 3.13. The van der Waals surface area contributed by atoms with Gasteiger partial charge in [0.05, 0.1) is 20.4 Å². The summed E-state index contributed by atoms with van der Waals surface area (Å²) in [6.07, 6.45) is 0. The fraction of sp³-hybridized carbons (Fsp3) is 0. The summed E-state index contributed by atoms with van der Waals surface area (Å²) in [5.41, 5.74) is 0.299. The molecule has 0 unspecified atom stereocenters. The summed E-state index contributed by atoms with van der Waals surface area (Å²) in [6, 6.07) is 4.67. The Morgan fingerprint density at radius 2 is 1.85 bits per heavy atom. The Hall–Kier alpha value is -3.05. The number of nitro benzene ring substituents is 2. The molecule has 0 spiro atoms. The Labute approximate surface area is 119 Å². The fourth-order valence-electron chi connectivity index (χ4n) is 1.13. The van der Waals surface area contributed by atoms with Crippen molar-refractivity contribution in [1.82, 2.24) is 0 Å². The van der Waals surface area contributed by atoms with Gasteiger partial charge in [0.15, 0.2) is 0 Å². The average Bonchev–Trinajstić information content (AvgIpc) is 2.40. The molecule has 1 aromatic rings. The lowest BCUT2D eigenvalue weighted by atomic mass is 10.2. The molecule has 100 valence electrons. The third-order valence-corrected chi connectivity index (χ3v) is 2.58. The second kappa shape index (κ2) is 6.21. The van der Waals surface area contributed by atoms with Crippen LogP contribution in [0.4, 0.5) is 17.1 Å². The van der Waals surface area contributed by atoms with Gasteiger partial charge in [-0.15, -0.1) is 0 Å². The highest BCUT2D eigenvalue weighted by atomic mass is 79.9. The van der Waals surface area contributed by atoms with E-state index < -0.39 is 26.9 Å². The van der Waals surface area contributed by atoms with Crippen LogP contribution in [0.5, 0.6) is 0 Å². The highest BCUT2D eigenvalue weighted by Crippen LogP contribution is 2.36. The molecular weight excluding hydrogens is 336 g/mol. The topological polar surface area (TPSA) is 158 Å². The molecule has 10 nitrogen and oxygen atoms in total. The number of non-ortho nitro benzene ring substituents is 1. The Kier molecular flexibility index (Phi) is 4.66. The van der Waals surface area contributed by atoms with Crippen molar-refractivity contribution in [2.24, 2.45) is 5.10 Å². The van der Waals surface area contributed by atoms with Crippen LogP contribution in [0.15, 0.2) is 21.7 Å². The van der Waals surface area contributed by atoms with Crippen molar-refractivity contribution in [3.63, 3.8) is 0 Å². The molecule has 0 bridgehead atoms. The van der Waals surface area contributed by atoms with Gasteiger partial charge in [0, 0.05) is 6.07 Å². The van der Waals surface area contributed by atoms with Crippen LogP contribution in [-0.4, -0.2) is 15.6 Å². The summed E-state index contributed by atoms with van der Waals surface area (Å²) in [5.74, 6) is 0. The van der Waals surface area contributed by atoms with E-state index in [0.29, 0.717) is 0 Å². The monoisotopic (exact) mass is 338 g/mol. The van der Waals surface area contributed by atoms with Crippen molar-refractivity contribution in [2.45, 2.75) is 0 Å². The van der Waals surface area contributed by atoms with E-state index in [1.54, 1.807) is 0 Å². The standard InChI is InChI=1S/C9H3BrN6O4/c10-7-1-6(15(17)18)2-8(16(19)20)9(7)14-13-5(3-11)4-12/h1-2,14H. The minimum Gasteiger partial charge on any atom is -0.269 e. The number of anilines is 1. The molecule has 0 amide bonds. The third-order valence-electron chi connectivity index (χ3n) is 1.95. The number of nitrogens with zero attached hydrogens (tertiary/aromatic N) is 5. The first-order valence-electron chi connectivity index (χ1n) is 4.67. The molecule has 0 atom stereocenters. The van der Waals surface area contributed by atoms with Crippen LogP contribution >= 0.6 is 15.9 Å². The maximum Gasteiger partial charge on any atom is 0.302 e. The molecule has 0 aliphatic rings. The third kappa shape index (κ3) is 3.24. The van der Waals surface area contributed by atoms with Gasteiger partial charge in [-0.05, 0) is 15.9 Å². The van der Waals surface area contributed by atoms with Crippen molar-refractivity contribution in [1.29, 1.82) is 10.5 Å². The van der Waals surface area contributed by atoms with E-state index in [2.05, 4.69) is 26.5 Å². The van der Waals surface area contributed by atoms with Gasteiger partial charge in [0.2, 0.25) is 5.71 Å². The van der Waals surface area contributed by atoms with Crippen LogP contribution in [0.2, 0.25) is 0 Å². The Morgan fingerprint density at radius 1 is 1.25 bits per heavy atom. The van der Waals surface area contributed by atoms with Gasteiger partial charge in [-0.25, -0.2) is 0 Å². The molecule has 1 aromatic carbocycles. The minimum absolute atomic E-state index is 0.00243. The zero-order valence-corrected chi connectivity index (χ0v) is 11.0. The summed E-state index contributed by atoms with van der Waals surface area (Å²) >= 11 is 2.92. The number of nitro groups is 2. The smallest absolute Gasteiger partial charge is 0.269 e. The number of nitriles is 2. The lowest BCUT2D eigenvalue weighted by molar-refractivity contribution is -0.393. The van der Waals surface area contributed by atoms with Gasteiger partial charge in [-0.2, -0.15) is 15.6 Å². The molecule has 1 N–H and O–H groups in total. The predicted octanol–water partition coefficient (Wildman–Crippen LogP) is 2.08.